The number of hydrogen-bond donors (Lipinski definition) is 0. The number of fused-ring (bicyclic) bond motifs is 2. The van der Waals surface area contributed by atoms with Crippen molar-refractivity contribution in [3.05, 3.63) is 77.6 Å². The van der Waals surface area contributed by atoms with E-state index in [2.05, 4.69) is 18.0 Å². The van der Waals surface area contributed by atoms with Gasteiger partial charge in [0.05, 0.1) is 0 Å². The second kappa shape index (κ2) is 5.67. The minimum absolute atomic E-state index is 0.140. The molecule has 4 rings (SSSR count). The number of nitrogens with zero attached hydrogens (tertiary/aromatic N) is 1. The van der Waals surface area contributed by atoms with E-state index in [-0.39, 0.29) is 11.0 Å². The van der Waals surface area contributed by atoms with Crippen LogP contribution >= 0.6 is 11.8 Å². The number of hydrogen-bond acceptors (Lipinski definition) is 3. The molecule has 23 heavy (non-hydrogen) atoms. The molecule has 0 saturated heterocycles. The van der Waals surface area contributed by atoms with Crippen LogP contribution in [0, 0.1) is 0 Å². The summed E-state index contributed by atoms with van der Waals surface area (Å²) in [6, 6.07) is 16.0. The number of rotatable bonds is 1. The number of aromatic nitrogens is 1. The third-order valence-corrected chi connectivity index (χ3v) is 5.34. The molecule has 0 spiro atoms. The monoisotopic (exact) mass is 317 g/mol. The van der Waals surface area contributed by atoms with E-state index in [1.54, 1.807) is 18.0 Å². The van der Waals surface area contributed by atoms with Crippen LogP contribution in [0.15, 0.2) is 71.4 Å². The molecule has 0 amide bonds. The lowest BCUT2D eigenvalue weighted by Crippen LogP contribution is -2.18. The van der Waals surface area contributed by atoms with Crippen LogP contribution in [-0.2, 0) is 0 Å². The van der Waals surface area contributed by atoms with E-state index in [0.29, 0.717) is 0 Å². The van der Waals surface area contributed by atoms with Crippen LogP contribution in [0.4, 0.5) is 0 Å². The number of Topliss-reactive ketones (excluding diaryl/α,β-unsaturated/α-hetero) is 1. The molecule has 2 aromatic carbocycles. The first-order valence-electron chi connectivity index (χ1n) is 7.58. The van der Waals surface area contributed by atoms with Gasteiger partial charge in [-0.05, 0) is 48.2 Å². The third-order valence-electron chi connectivity index (χ3n) is 4.12. The SMILES string of the molecule is CC1Sc2ccccc2C(=O)/C1=C/c1ccc2cnccc2c1. The Morgan fingerprint density at radius 2 is 1.96 bits per heavy atom. The second-order valence-corrected chi connectivity index (χ2v) is 7.05. The van der Waals surface area contributed by atoms with Crippen LogP contribution in [0.2, 0.25) is 0 Å². The Hall–Kier alpha value is -2.39. The molecular weight excluding hydrogens is 302 g/mol. The second-order valence-electron chi connectivity index (χ2n) is 5.67. The highest BCUT2D eigenvalue weighted by molar-refractivity contribution is 8.00. The Morgan fingerprint density at radius 1 is 1.09 bits per heavy atom. The van der Waals surface area contributed by atoms with Crippen LogP contribution in [0.25, 0.3) is 16.8 Å². The minimum atomic E-state index is 0.140. The van der Waals surface area contributed by atoms with Crippen molar-refractivity contribution >= 4 is 34.4 Å². The van der Waals surface area contributed by atoms with E-state index < -0.39 is 0 Å². The van der Waals surface area contributed by atoms with E-state index in [9.17, 15) is 4.79 Å². The normalized spacial score (nSPS) is 19.1. The van der Waals surface area contributed by atoms with Crippen LogP contribution in [0.3, 0.4) is 0 Å². The smallest absolute Gasteiger partial charge is 0.191 e. The molecule has 0 fully saturated rings. The highest BCUT2D eigenvalue weighted by atomic mass is 32.2. The van der Waals surface area contributed by atoms with Crippen molar-refractivity contribution in [2.45, 2.75) is 17.1 Å². The summed E-state index contributed by atoms with van der Waals surface area (Å²) in [7, 11) is 0. The van der Waals surface area contributed by atoms with Crippen molar-refractivity contribution in [2.75, 3.05) is 0 Å². The molecular formula is C20H15NOS. The first-order valence-corrected chi connectivity index (χ1v) is 8.46. The Labute approximate surface area is 139 Å². The van der Waals surface area contributed by atoms with Gasteiger partial charge in [-0.15, -0.1) is 11.8 Å². The maximum Gasteiger partial charge on any atom is 0.191 e. The topological polar surface area (TPSA) is 30.0 Å². The first-order chi connectivity index (χ1) is 11.2. The zero-order valence-corrected chi connectivity index (χ0v) is 13.5. The fourth-order valence-corrected chi connectivity index (χ4v) is 4.03. The van der Waals surface area contributed by atoms with Crippen LogP contribution in [-0.4, -0.2) is 16.0 Å². The molecule has 0 aliphatic carbocycles. The molecule has 0 bridgehead atoms. The van der Waals surface area contributed by atoms with Gasteiger partial charge in [-0.1, -0.05) is 24.3 Å². The van der Waals surface area contributed by atoms with E-state index in [0.717, 1.165) is 32.4 Å². The number of thioether (sulfide) groups is 1. The van der Waals surface area contributed by atoms with Crippen molar-refractivity contribution in [3.63, 3.8) is 0 Å². The van der Waals surface area contributed by atoms with Crippen LogP contribution in [0.5, 0.6) is 0 Å². The molecule has 112 valence electrons. The molecule has 2 heterocycles. The average molecular weight is 317 g/mol. The summed E-state index contributed by atoms with van der Waals surface area (Å²) in [4.78, 5) is 18.0. The fourth-order valence-electron chi connectivity index (χ4n) is 2.91. The summed E-state index contributed by atoms with van der Waals surface area (Å²) < 4.78 is 0. The Bertz CT molecular complexity index is 945. The quantitative estimate of drug-likeness (QED) is 0.592. The van der Waals surface area contributed by atoms with Crippen LogP contribution in [0.1, 0.15) is 22.8 Å². The van der Waals surface area contributed by atoms with Gasteiger partial charge in [0.2, 0.25) is 0 Å². The predicted molar refractivity (Wildman–Crippen MR) is 95.8 cm³/mol. The van der Waals surface area contributed by atoms with Gasteiger partial charge < -0.3 is 0 Å². The molecule has 0 radical (unpaired) electrons. The van der Waals surface area contributed by atoms with Gasteiger partial charge in [-0.2, -0.15) is 0 Å². The fraction of sp³-hybridized carbons (Fsp3) is 0.100. The van der Waals surface area contributed by atoms with Crippen molar-refractivity contribution < 1.29 is 4.79 Å². The summed E-state index contributed by atoms with van der Waals surface area (Å²) >= 11 is 1.75. The molecule has 1 unspecified atom stereocenters. The molecule has 2 nitrogen and oxygen atoms in total. The zero-order chi connectivity index (χ0) is 15.8. The van der Waals surface area contributed by atoms with Gasteiger partial charge in [0.15, 0.2) is 5.78 Å². The van der Waals surface area contributed by atoms with Crippen molar-refractivity contribution in [2.24, 2.45) is 0 Å². The molecule has 1 aliphatic heterocycles. The lowest BCUT2D eigenvalue weighted by atomic mass is 9.97. The zero-order valence-electron chi connectivity index (χ0n) is 12.7. The number of ketones is 1. The standard InChI is InChI=1S/C20H15NOS/c1-13-18(20(22)17-4-2-3-5-19(17)23-13)11-14-6-7-16-12-21-9-8-15(16)10-14/h2-13H,1H3/b18-11+. The highest BCUT2D eigenvalue weighted by Crippen LogP contribution is 2.38. The number of carbonyl (C=O) groups is 1. The molecule has 3 heteroatoms. The molecule has 1 atom stereocenters. The number of pyridine rings is 1. The van der Waals surface area contributed by atoms with E-state index >= 15 is 0 Å². The molecule has 3 aromatic rings. The maximum atomic E-state index is 12.8. The van der Waals surface area contributed by atoms with Crippen LogP contribution < -0.4 is 0 Å². The minimum Gasteiger partial charge on any atom is -0.289 e. The molecule has 0 N–H and O–H groups in total. The van der Waals surface area contributed by atoms with E-state index in [1.807, 2.05) is 54.7 Å². The third kappa shape index (κ3) is 2.57. The number of benzene rings is 2. The van der Waals surface area contributed by atoms with Crippen molar-refractivity contribution in [3.8, 4) is 0 Å². The summed E-state index contributed by atoms with van der Waals surface area (Å²) in [5, 5.41) is 2.40. The van der Waals surface area contributed by atoms with E-state index in [1.165, 1.54) is 0 Å². The molecule has 1 aromatic heterocycles. The Kier molecular flexibility index (Phi) is 3.50. The first kappa shape index (κ1) is 14.2. The lowest BCUT2D eigenvalue weighted by molar-refractivity contribution is 0.102. The Balaban J connectivity index is 1.79. The Morgan fingerprint density at radius 3 is 2.87 bits per heavy atom. The maximum absolute atomic E-state index is 12.8. The summed E-state index contributed by atoms with van der Waals surface area (Å²) in [5.74, 6) is 0.140. The van der Waals surface area contributed by atoms with Gasteiger partial charge in [-0.3, -0.25) is 9.78 Å². The summed E-state index contributed by atoms with van der Waals surface area (Å²) in [6.45, 7) is 2.09. The summed E-state index contributed by atoms with van der Waals surface area (Å²) in [6.07, 6.45) is 5.67. The van der Waals surface area contributed by atoms with Crippen molar-refractivity contribution in [1.82, 2.24) is 4.98 Å². The van der Waals surface area contributed by atoms with Gasteiger partial charge in [0.1, 0.15) is 0 Å². The van der Waals surface area contributed by atoms with Gasteiger partial charge in [0.25, 0.3) is 0 Å². The van der Waals surface area contributed by atoms with Gasteiger partial charge in [-0.25, -0.2) is 0 Å². The number of carbonyl (C=O) groups excluding carboxylic acids is 1. The van der Waals surface area contributed by atoms with Gasteiger partial charge >= 0.3 is 0 Å². The van der Waals surface area contributed by atoms with Gasteiger partial charge in [0, 0.05) is 39.1 Å². The predicted octanol–water partition coefficient (Wildman–Crippen LogP) is 5.00. The average Bonchev–Trinajstić information content (AvgIpc) is 2.58. The lowest BCUT2D eigenvalue weighted by Gasteiger charge is -2.23. The highest BCUT2D eigenvalue weighted by Gasteiger charge is 2.27. The van der Waals surface area contributed by atoms with Crippen molar-refractivity contribution in [1.29, 1.82) is 0 Å². The molecule has 1 aliphatic rings. The largest absolute Gasteiger partial charge is 0.289 e. The summed E-state index contributed by atoms with van der Waals surface area (Å²) in [5.41, 5.74) is 2.73. The molecule has 0 saturated carbocycles. The van der Waals surface area contributed by atoms with E-state index in [4.69, 9.17) is 0 Å².